The molecule has 2 heterocycles. The number of aromatic amines is 1. The van der Waals surface area contributed by atoms with Crippen LogP contribution >= 0.6 is 0 Å². The molecule has 7 heteroatoms. The van der Waals surface area contributed by atoms with E-state index < -0.39 is 0 Å². The van der Waals surface area contributed by atoms with Gasteiger partial charge in [-0.3, -0.25) is 14.6 Å². The van der Waals surface area contributed by atoms with Crippen molar-refractivity contribution in [3.8, 4) is 5.75 Å². The van der Waals surface area contributed by atoms with Crippen LogP contribution < -0.4 is 15.6 Å². The van der Waals surface area contributed by atoms with E-state index in [0.29, 0.717) is 29.9 Å². The van der Waals surface area contributed by atoms with Crippen molar-refractivity contribution in [1.29, 1.82) is 0 Å². The minimum Gasteiger partial charge on any atom is -0.497 e. The lowest BCUT2D eigenvalue weighted by Crippen LogP contribution is -2.46. The SMILES string of the molecule is COc1ccc(C2(C(=O)N3CCC(Nc4nc5ccccc5c(=O)[nH]4)CC3)CC2)cc1. The van der Waals surface area contributed by atoms with E-state index >= 15 is 0 Å². The van der Waals surface area contributed by atoms with Gasteiger partial charge in [0.1, 0.15) is 5.75 Å². The number of hydrogen-bond acceptors (Lipinski definition) is 5. The average molecular weight is 418 g/mol. The van der Waals surface area contributed by atoms with Crippen LogP contribution in [0.15, 0.2) is 53.3 Å². The first-order valence-electron chi connectivity index (χ1n) is 10.8. The van der Waals surface area contributed by atoms with E-state index in [2.05, 4.69) is 15.3 Å². The fraction of sp³-hybridized carbons (Fsp3) is 0.375. The molecule has 0 spiro atoms. The average Bonchev–Trinajstić information content (AvgIpc) is 3.61. The van der Waals surface area contributed by atoms with E-state index in [0.717, 1.165) is 37.0 Å². The van der Waals surface area contributed by atoms with Crippen LogP contribution in [-0.4, -0.2) is 47.0 Å². The molecule has 5 rings (SSSR count). The fourth-order valence-corrected chi connectivity index (χ4v) is 4.54. The van der Waals surface area contributed by atoms with E-state index in [1.165, 1.54) is 0 Å². The topological polar surface area (TPSA) is 87.3 Å². The van der Waals surface area contributed by atoms with Crippen molar-refractivity contribution in [2.75, 3.05) is 25.5 Å². The number of benzene rings is 2. The third kappa shape index (κ3) is 3.65. The van der Waals surface area contributed by atoms with E-state index in [9.17, 15) is 9.59 Å². The van der Waals surface area contributed by atoms with Crippen LogP contribution in [0.5, 0.6) is 5.75 Å². The number of ether oxygens (including phenoxy) is 1. The second-order valence-corrected chi connectivity index (χ2v) is 8.45. The Balaban J connectivity index is 1.23. The number of anilines is 1. The zero-order valence-electron chi connectivity index (χ0n) is 17.6. The Kier molecular flexibility index (Phi) is 4.88. The van der Waals surface area contributed by atoms with Gasteiger partial charge in [0.2, 0.25) is 11.9 Å². The highest BCUT2D eigenvalue weighted by atomic mass is 16.5. The summed E-state index contributed by atoms with van der Waals surface area (Å²) in [4.78, 5) is 34.9. The van der Waals surface area contributed by atoms with Crippen molar-refractivity contribution in [3.05, 3.63) is 64.4 Å². The fourth-order valence-electron chi connectivity index (χ4n) is 4.54. The van der Waals surface area contributed by atoms with Crippen LogP contribution in [0.2, 0.25) is 0 Å². The van der Waals surface area contributed by atoms with Crippen molar-refractivity contribution in [2.45, 2.75) is 37.1 Å². The molecule has 1 aromatic heterocycles. The lowest BCUT2D eigenvalue weighted by atomic mass is 9.92. The summed E-state index contributed by atoms with van der Waals surface area (Å²) >= 11 is 0. The molecule has 1 aliphatic heterocycles. The summed E-state index contributed by atoms with van der Waals surface area (Å²) in [7, 11) is 1.65. The Hall–Kier alpha value is -3.35. The number of methoxy groups -OCH3 is 1. The minimum absolute atomic E-state index is 0.143. The first kappa shape index (κ1) is 19.6. The Morgan fingerprint density at radius 1 is 1.13 bits per heavy atom. The summed E-state index contributed by atoms with van der Waals surface area (Å²) in [6.07, 6.45) is 3.44. The number of aromatic nitrogens is 2. The summed E-state index contributed by atoms with van der Waals surface area (Å²) in [6.45, 7) is 1.40. The van der Waals surface area contributed by atoms with Crippen LogP contribution in [-0.2, 0) is 10.2 Å². The van der Waals surface area contributed by atoms with Gasteiger partial charge in [0.25, 0.3) is 5.56 Å². The zero-order valence-corrected chi connectivity index (χ0v) is 17.6. The van der Waals surface area contributed by atoms with E-state index in [1.54, 1.807) is 13.2 Å². The summed E-state index contributed by atoms with van der Waals surface area (Å²) in [6, 6.07) is 15.4. The second kappa shape index (κ2) is 7.72. The Morgan fingerprint density at radius 3 is 2.52 bits per heavy atom. The van der Waals surface area contributed by atoms with Gasteiger partial charge >= 0.3 is 0 Å². The predicted molar refractivity (Wildman–Crippen MR) is 119 cm³/mol. The molecule has 1 saturated carbocycles. The number of likely N-dealkylation sites (tertiary alicyclic amines) is 1. The highest BCUT2D eigenvalue weighted by Gasteiger charge is 2.53. The molecule has 2 aromatic carbocycles. The van der Waals surface area contributed by atoms with Gasteiger partial charge in [0, 0.05) is 19.1 Å². The predicted octanol–water partition coefficient (Wildman–Crippen LogP) is 3.07. The molecule has 1 aliphatic carbocycles. The molecule has 0 unspecified atom stereocenters. The molecule has 160 valence electrons. The maximum atomic E-state index is 13.3. The lowest BCUT2D eigenvalue weighted by Gasteiger charge is -2.35. The van der Waals surface area contributed by atoms with Crippen LogP contribution in [0.1, 0.15) is 31.2 Å². The maximum Gasteiger partial charge on any atom is 0.260 e. The Labute approximate surface area is 180 Å². The van der Waals surface area contributed by atoms with Gasteiger partial charge in [-0.25, -0.2) is 4.98 Å². The van der Waals surface area contributed by atoms with Gasteiger partial charge < -0.3 is 15.0 Å². The van der Waals surface area contributed by atoms with Crippen molar-refractivity contribution in [2.24, 2.45) is 0 Å². The molecule has 1 amide bonds. The first-order valence-corrected chi connectivity index (χ1v) is 10.8. The molecule has 3 aromatic rings. The smallest absolute Gasteiger partial charge is 0.260 e. The van der Waals surface area contributed by atoms with Crippen molar-refractivity contribution in [3.63, 3.8) is 0 Å². The van der Waals surface area contributed by atoms with E-state index in [4.69, 9.17) is 4.74 Å². The number of nitrogens with one attached hydrogen (secondary N) is 2. The van der Waals surface area contributed by atoms with Gasteiger partial charge in [-0.2, -0.15) is 0 Å². The molecule has 31 heavy (non-hydrogen) atoms. The van der Waals surface area contributed by atoms with E-state index in [1.807, 2.05) is 47.4 Å². The number of carbonyl (C=O) groups excluding carboxylic acids is 1. The van der Waals surface area contributed by atoms with Gasteiger partial charge in [0.15, 0.2) is 0 Å². The van der Waals surface area contributed by atoms with Crippen molar-refractivity contribution >= 4 is 22.8 Å². The lowest BCUT2D eigenvalue weighted by molar-refractivity contribution is -0.134. The van der Waals surface area contributed by atoms with Gasteiger partial charge in [-0.1, -0.05) is 24.3 Å². The van der Waals surface area contributed by atoms with Crippen LogP contribution in [0.25, 0.3) is 10.9 Å². The molecular weight excluding hydrogens is 392 g/mol. The molecule has 0 atom stereocenters. The molecule has 7 nitrogen and oxygen atoms in total. The first-order chi connectivity index (χ1) is 15.1. The number of rotatable bonds is 5. The molecule has 0 bridgehead atoms. The van der Waals surface area contributed by atoms with Gasteiger partial charge in [0.05, 0.1) is 23.4 Å². The molecular formula is C24H26N4O3. The van der Waals surface area contributed by atoms with Crippen molar-refractivity contribution in [1.82, 2.24) is 14.9 Å². The summed E-state index contributed by atoms with van der Waals surface area (Å²) < 4.78 is 5.24. The number of amides is 1. The Bertz CT molecular complexity index is 1160. The summed E-state index contributed by atoms with van der Waals surface area (Å²) in [5.41, 5.74) is 1.25. The molecule has 2 fully saturated rings. The quantitative estimate of drug-likeness (QED) is 0.665. The number of fused-ring (bicyclic) bond motifs is 1. The Morgan fingerprint density at radius 2 is 1.84 bits per heavy atom. The van der Waals surface area contributed by atoms with Crippen LogP contribution in [0, 0.1) is 0 Å². The molecule has 1 saturated heterocycles. The van der Waals surface area contributed by atoms with E-state index in [-0.39, 0.29) is 22.9 Å². The summed E-state index contributed by atoms with van der Waals surface area (Å²) in [5.74, 6) is 1.53. The standard InChI is InChI=1S/C24H26N4O3/c1-31-18-8-6-16(7-9-18)24(12-13-24)22(30)28-14-10-17(11-15-28)25-23-26-20-5-3-2-4-19(20)21(29)27-23/h2-9,17H,10-15H2,1H3,(H2,25,26,27,29). The number of H-pyrrole nitrogens is 1. The largest absolute Gasteiger partial charge is 0.497 e. The van der Waals surface area contributed by atoms with Crippen LogP contribution in [0.3, 0.4) is 0 Å². The third-order valence-corrected chi connectivity index (χ3v) is 6.54. The van der Waals surface area contributed by atoms with Gasteiger partial charge in [-0.15, -0.1) is 0 Å². The second-order valence-electron chi connectivity index (χ2n) is 8.45. The number of carbonyl (C=O) groups is 1. The number of nitrogens with zero attached hydrogens (tertiary/aromatic N) is 2. The summed E-state index contributed by atoms with van der Waals surface area (Å²) in [5, 5.41) is 3.94. The molecule has 0 radical (unpaired) electrons. The third-order valence-electron chi connectivity index (χ3n) is 6.54. The normalized spacial score (nSPS) is 18.0. The molecule has 2 aliphatic rings. The highest BCUT2D eigenvalue weighted by molar-refractivity contribution is 5.91. The van der Waals surface area contributed by atoms with Crippen LogP contribution in [0.4, 0.5) is 5.95 Å². The number of piperidine rings is 1. The monoisotopic (exact) mass is 418 g/mol. The van der Waals surface area contributed by atoms with Gasteiger partial charge in [-0.05, 0) is 55.5 Å². The number of para-hydroxylation sites is 1. The number of hydrogen-bond donors (Lipinski definition) is 2. The highest BCUT2D eigenvalue weighted by Crippen LogP contribution is 2.50. The van der Waals surface area contributed by atoms with Crippen molar-refractivity contribution < 1.29 is 9.53 Å². The zero-order chi connectivity index (χ0) is 21.4. The minimum atomic E-state index is -0.363. The molecule has 2 N–H and O–H groups in total. The maximum absolute atomic E-state index is 13.3.